The third kappa shape index (κ3) is 3.57. The molecular weight excluding hydrogens is 278 g/mol. The molecule has 0 aliphatic heterocycles. The smallest absolute Gasteiger partial charge is 0.257 e. The van der Waals surface area contributed by atoms with Crippen molar-refractivity contribution in [2.24, 2.45) is 0 Å². The van der Waals surface area contributed by atoms with Crippen LogP contribution in [0.2, 0.25) is 0 Å². The van der Waals surface area contributed by atoms with Crippen molar-refractivity contribution in [1.82, 2.24) is 25.1 Å². The largest absolute Gasteiger partial charge is 0.316 e. The van der Waals surface area contributed by atoms with Gasteiger partial charge in [0.05, 0.1) is 6.20 Å². The predicted molar refractivity (Wildman–Crippen MR) is 76.8 cm³/mol. The summed E-state index contributed by atoms with van der Waals surface area (Å²) in [4.78, 5) is 2.23. The van der Waals surface area contributed by atoms with Crippen LogP contribution in [0.5, 0.6) is 0 Å². The van der Waals surface area contributed by atoms with Gasteiger partial charge in [0.25, 0.3) is 10.0 Å². The quantitative estimate of drug-likeness (QED) is 0.623. The van der Waals surface area contributed by atoms with Crippen LogP contribution in [0.1, 0.15) is 25.3 Å². The summed E-state index contributed by atoms with van der Waals surface area (Å²) in [6, 6.07) is 0.787. The number of nitrogens with zero attached hydrogens (tertiary/aromatic N) is 2. The third-order valence-electron chi connectivity index (χ3n) is 3.70. The minimum Gasteiger partial charge on any atom is -0.316 e. The molecule has 1 aliphatic rings. The highest BCUT2D eigenvalue weighted by Crippen LogP contribution is 2.26. The van der Waals surface area contributed by atoms with Gasteiger partial charge in [0, 0.05) is 30.7 Å². The van der Waals surface area contributed by atoms with E-state index < -0.39 is 10.0 Å². The molecule has 1 aromatic heterocycles. The second-order valence-corrected chi connectivity index (χ2v) is 7.06. The molecule has 0 amide bonds. The normalized spacial score (nSPS) is 17.6. The second kappa shape index (κ2) is 6.21. The topological polar surface area (TPSA) is 90.1 Å². The first kappa shape index (κ1) is 15.4. The maximum absolute atomic E-state index is 12.3. The lowest BCUT2D eigenvalue weighted by Crippen LogP contribution is -2.41. The van der Waals surface area contributed by atoms with E-state index in [1.165, 1.54) is 19.0 Å². The molecule has 1 unspecified atom stereocenters. The van der Waals surface area contributed by atoms with Crippen LogP contribution in [-0.2, 0) is 16.6 Å². The van der Waals surface area contributed by atoms with E-state index in [1.54, 1.807) is 7.05 Å². The number of aromatic nitrogens is 2. The molecule has 0 saturated heterocycles. The van der Waals surface area contributed by atoms with Gasteiger partial charge >= 0.3 is 0 Å². The SMILES string of the molecule is CNCc1cn[nH]c1S(=O)(=O)NCC(C)N(C)C1CC1. The van der Waals surface area contributed by atoms with E-state index in [2.05, 4.69) is 25.1 Å². The summed E-state index contributed by atoms with van der Waals surface area (Å²) in [7, 11) is 0.270. The molecule has 3 N–H and O–H groups in total. The van der Waals surface area contributed by atoms with Gasteiger partial charge < -0.3 is 5.32 Å². The Kier molecular flexibility index (Phi) is 4.79. The first-order chi connectivity index (χ1) is 9.45. The van der Waals surface area contributed by atoms with Crippen molar-refractivity contribution < 1.29 is 8.42 Å². The van der Waals surface area contributed by atoms with E-state index in [-0.39, 0.29) is 11.1 Å². The summed E-state index contributed by atoms with van der Waals surface area (Å²) in [5.74, 6) is 0. The van der Waals surface area contributed by atoms with E-state index in [9.17, 15) is 8.42 Å². The highest BCUT2D eigenvalue weighted by atomic mass is 32.2. The summed E-state index contributed by atoms with van der Waals surface area (Å²) in [5.41, 5.74) is 0.642. The number of nitrogens with one attached hydrogen (secondary N) is 3. The maximum atomic E-state index is 12.3. The van der Waals surface area contributed by atoms with Gasteiger partial charge in [-0.05, 0) is 33.9 Å². The fourth-order valence-electron chi connectivity index (χ4n) is 2.14. The predicted octanol–water partition coefficient (Wildman–Crippen LogP) is -0.110. The van der Waals surface area contributed by atoms with Crippen LogP contribution in [0.4, 0.5) is 0 Å². The van der Waals surface area contributed by atoms with E-state index >= 15 is 0 Å². The highest BCUT2D eigenvalue weighted by molar-refractivity contribution is 7.89. The molecule has 114 valence electrons. The molecule has 0 aromatic carbocycles. The summed E-state index contributed by atoms with van der Waals surface area (Å²) >= 11 is 0. The van der Waals surface area contributed by atoms with Crippen LogP contribution in [0.3, 0.4) is 0 Å². The Morgan fingerprint density at radius 2 is 2.25 bits per heavy atom. The molecule has 1 saturated carbocycles. The van der Waals surface area contributed by atoms with Crippen molar-refractivity contribution in [3.63, 3.8) is 0 Å². The Labute approximate surface area is 120 Å². The molecule has 1 aliphatic carbocycles. The summed E-state index contributed by atoms with van der Waals surface area (Å²) in [6.07, 6.45) is 3.95. The zero-order chi connectivity index (χ0) is 14.8. The molecule has 1 aromatic rings. The fraction of sp³-hybridized carbons (Fsp3) is 0.750. The van der Waals surface area contributed by atoms with Crippen LogP contribution in [0.25, 0.3) is 0 Å². The molecule has 0 spiro atoms. The van der Waals surface area contributed by atoms with Crippen LogP contribution < -0.4 is 10.0 Å². The van der Waals surface area contributed by atoms with Crippen molar-refractivity contribution in [3.05, 3.63) is 11.8 Å². The van der Waals surface area contributed by atoms with Gasteiger partial charge in [-0.15, -0.1) is 0 Å². The molecule has 8 heteroatoms. The van der Waals surface area contributed by atoms with E-state index in [4.69, 9.17) is 0 Å². The Morgan fingerprint density at radius 1 is 1.55 bits per heavy atom. The number of aromatic amines is 1. The Bertz CT molecular complexity index is 538. The first-order valence-corrected chi connectivity index (χ1v) is 8.32. The number of sulfonamides is 1. The van der Waals surface area contributed by atoms with Gasteiger partial charge in [-0.25, -0.2) is 13.1 Å². The van der Waals surface area contributed by atoms with E-state index in [1.807, 2.05) is 14.0 Å². The van der Waals surface area contributed by atoms with Crippen LogP contribution >= 0.6 is 0 Å². The standard InChI is InChI=1S/C12H23N5O2S/c1-9(17(3)11-4-5-11)6-15-20(18,19)12-10(7-13-2)8-14-16-12/h8-9,11,13,15H,4-7H2,1-3H3,(H,14,16). The lowest BCUT2D eigenvalue weighted by atomic mass is 10.3. The van der Waals surface area contributed by atoms with Gasteiger partial charge in [0.1, 0.15) is 0 Å². The zero-order valence-electron chi connectivity index (χ0n) is 12.2. The number of hydrogen-bond donors (Lipinski definition) is 3. The Balaban J connectivity index is 1.97. The molecule has 1 fully saturated rings. The molecule has 1 atom stereocenters. The lowest BCUT2D eigenvalue weighted by Gasteiger charge is -2.24. The second-order valence-electron chi connectivity index (χ2n) is 5.35. The lowest BCUT2D eigenvalue weighted by molar-refractivity contribution is 0.248. The molecule has 1 heterocycles. The van der Waals surface area contributed by atoms with E-state index in [0.29, 0.717) is 24.7 Å². The molecular formula is C12H23N5O2S. The molecule has 20 heavy (non-hydrogen) atoms. The van der Waals surface area contributed by atoms with Crippen LogP contribution in [0.15, 0.2) is 11.2 Å². The third-order valence-corrected chi connectivity index (χ3v) is 5.14. The minimum atomic E-state index is -3.54. The molecule has 0 radical (unpaired) electrons. The average molecular weight is 301 g/mol. The van der Waals surface area contributed by atoms with Crippen molar-refractivity contribution in [3.8, 4) is 0 Å². The van der Waals surface area contributed by atoms with Crippen molar-refractivity contribution in [1.29, 1.82) is 0 Å². The minimum absolute atomic E-state index is 0.146. The zero-order valence-corrected chi connectivity index (χ0v) is 13.0. The van der Waals surface area contributed by atoms with Crippen molar-refractivity contribution in [2.75, 3.05) is 20.6 Å². The van der Waals surface area contributed by atoms with E-state index in [0.717, 1.165) is 0 Å². The van der Waals surface area contributed by atoms with Gasteiger partial charge in [-0.2, -0.15) is 5.10 Å². The van der Waals surface area contributed by atoms with Gasteiger partial charge in [-0.3, -0.25) is 10.00 Å². The van der Waals surface area contributed by atoms with Crippen LogP contribution in [0, 0.1) is 0 Å². The monoisotopic (exact) mass is 301 g/mol. The summed E-state index contributed by atoms with van der Waals surface area (Å²) in [5, 5.41) is 9.45. The first-order valence-electron chi connectivity index (χ1n) is 6.84. The highest BCUT2D eigenvalue weighted by Gasteiger charge is 2.30. The Hall–Kier alpha value is -0.960. The summed E-state index contributed by atoms with van der Waals surface area (Å²) in [6.45, 7) is 2.89. The average Bonchev–Trinajstić information content (AvgIpc) is 3.15. The number of hydrogen-bond acceptors (Lipinski definition) is 5. The maximum Gasteiger partial charge on any atom is 0.257 e. The van der Waals surface area contributed by atoms with Crippen molar-refractivity contribution in [2.45, 2.75) is 43.4 Å². The fourth-order valence-corrected chi connectivity index (χ4v) is 3.38. The molecule has 0 bridgehead atoms. The van der Waals surface area contributed by atoms with Crippen LogP contribution in [-0.4, -0.2) is 56.2 Å². The van der Waals surface area contributed by atoms with Gasteiger partial charge in [0.15, 0.2) is 5.03 Å². The van der Waals surface area contributed by atoms with Gasteiger partial charge in [0.2, 0.25) is 0 Å². The summed E-state index contributed by atoms with van der Waals surface area (Å²) < 4.78 is 27.2. The number of likely N-dealkylation sites (N-methyl/N-ethyl adjacent to an activating group) is 1. The molecule has 2 rings (SSSR count). The molecule has 7 nitrogen and oxygen atoms in total. The van der Waals surface area contributed by atoms with Gasteiger partial charge in [-0.1, -0.05) is 0 Å². The van der Waals surface area contributed by atoms with Crippen molar-refractivity contribution >= 4 is 10.0 Å². The number of H-pyrrole nitrogens is 1. The number of rotatable bonds is 8. The Morgan fingerprint density at radius 3 is 2.85 bits per heavy atom.